The van der Waals surface area contributed by atoms with Gasteiger partial charge < -0.3 is 14.3 Å². The largest absolute Gasteiger partial charge is 0.508 e. The molecule has 0 atom stereocenters. The average Bonchev–Trinajstić information content (AvgIpc) is 3.35. The van der Waals surface area contributed by atoms with Crippen molar-refractivity contribution >= 4 is 23.0 Å². The molecule has 0 fully saturated rings. The molecule has 1 aromatic heterocycles. The molecular formula is C32H38N2O3. The van der Waals surface area contributed by atoms with Gasteiger partial charge in [-0.05, 0) is 72.6 Å². The van der Waals surface area contributed by atoms with Crippen LogP contribution >= 0.6 is 0 Å². The van der Waals surface area contributed by atoms with Crippen molar-refractivity contribution in [2.45, 2.75) is 71.1 Å². The number of phenolic OH excluding ortho intramolecular Hbond substituents is 1. The SMILES string of the molecule is CCCCCCCCCCCCOc1ccc2nc(-c3ccc(N=Cc4ccc(O)cc4)cc3)oc2c1. The first-order chi connectivity index (χ1) is 18.2. The molecule has 3 aromatic carbocycles. The Bertz CT molecular complexity index is 1240. The highest BCUT2D eigenvalue weighted by molar-refractivity contribution is 5.82. The standard InChI is InChI=1S/C32H38N2O3/c1-2-3-4-5-6-7-8-9-10-11-22-36-29-20-21-30-31(23-29)37-32(34-30)26-14-16-27(17-15-26)33-24-25-12-18-28(35)19-13-25/h12-21,23-24,35H,2-11,22H2,1H3. The fourth-order valence-electron chi connectivity index (χ4n) is 4.30. The number of aromatic nitrogens is 1. The van der Waals surface area contributed by atoms with Gasteiger partial charge in [0.25, 0.3) is 0 Å². The number of rotatable bonds is 15. The number of fused-ring (bicyclic) bond motifs is 1. The number of hydrogen-bond acceptors (Lipinski definition) is 5. The van der Waals surface area contributed by atoms with E-state index >= 15 is 0 Å². The Balaban J connectivity index is 1.22. The zero-order valence-corrected chi connectivity index (χ0v) is 21.9. The first-order valence-corrected chi connectivity index (χ1v) is 13.7. The van der Waals surface area contributed by atoms with Crippen molar-refractivity contribution in [3.8, 4) is 23.0 Å². The van der Waals surface area contributed by atoms with E-state index in [1.54, 1.807) is 18.3 Å². The van der Waals surface area contributed by atoms with Gasteiger partial charge in [0.15, 0.2) is 5.58 Å². The summed E-state index contributed by atoms with van der Waals surface area (Å²) >= 11 is 0. The van der Waals surface area contributed by atoms with Crippen LogP contribution in [0.5, 0.6) is 11.5 Å². The fourth-order valence-corrected chi connectivity index (χ4v) is 4.30. The fraction of sp³-hybridized carbons (Fsp3) is 0.375. The molecule has 0 radical (unpaired) electrons. The molecular weight excluding hydrogens is 460 g/mol. The van der Waals surface area contributed by atoms with Crippen LogP contribution in [0, 0.1) is 0 Å². The Morgan fingerprint density at radius 3 is 2.19 bits per heavy atom. The molecule has 1 heterocycles. The normalized spacial score (nSPS) is 11.5. The Labute approximate surface area is 220 Å². The molecule has 0 unspecified atom stereocenters. The summed E-state index contributed by atoms with van der Waals surface area (Å²) in [4.78, 5) is 9.12. The topological polar surface area (TPSA) is 67.9 Å². The van der Waals surface area contributed by atoms with E-state index in [9.17, 15) is 5.11 Å². The lowest BCUT2D eigenvalue weighted by Gasteiger charge is -2.06. The molecule has 194 valence electrons. The minimum atomic E-state index is 0.243. The summed E-state index contributed by atoms with van der Waals surface area (Å²) in [5.41, 5.74) is 4.19. The maximum atomic E-state index is 9.39. The second-order valence-corrected chi connectivity index (χ2v) is 9.58. The lowest BCUT2D eigenvalue weighted by Crippen LogP contribution is -1.97. The maximum absolute atomic E-state index is 9.39. The van der Waals surface area contributed by atoms with Crippen LogP contribution in [-0.2, 0) is 0 Å². The Hall–Kier alpha value is -3.60. The van der Waals surface area contributed by atoms with Gasteiger partial charge in [0.1, 0.15) is 17.0 Å². The highest BCUT2D eigenvalue weighted by Crippen LogP contribution is 2.28. The van der Waals surface area contributed by atoms with E-state index in [1.165, 1.54) is 57.8 Å². The lowest BCUT2D eigenvalue weighted by molar-refractivity contribution is 0.304. The van der Waals surface area contributed by atoms with E-state index in [4.69, 9.17) is 9.15 Å². The van der Waals surface area contributed by atoms with Crippen LogP contribution in [0.25, 0.3) is 22.6 Å². The van der Waals surface area contributed by atoms with Gasteiger partial charge in [0.05, 0.1) is 12.3 Å². The van der Waals surface area contributed by atoms with Crippen LogP contribution in [0.3, 0.4) is 0 Å². The zero-order chi connectivity index (χ0) is 25.7. The summed E-state index contributed by atoms with van der Waals surface area (Å²) < 4.78 is 12.0. The highest BCUT2D eigenvalue weighted by atomic mass is 16.5. The first kappa shape index (κ1) is 26.5. The summed E-state index contributed by atoms with van der Waals surface area (Å²) in [6, 6.07) is 20.6. The molecule has 0 aliphatic heterocycles. The van der Waals surface area contributed by atoms with Gasteiger partial charge in [0, 0.05) is 17.8 Å². The number of benzene rings is 3. The van der Waals surface area contributed by atoms with Crippen LogP contribution in [0.4, 0.5) is 5.69 Å². The molecule has 37 heavy (non-hydrogen) atoms. The number of aromatic hydroxyl groups is 1. The minimum Gasteiger partial charge on any atom is -0.508 e. The van der Waals surface area contributed by atoms with Crippen molar-refractivity contribution in [2.75, 3.05) is 6.61 Å². The van der Waals surface area contributed by atoms with Crippen molar-refractivity contribution in [1.29, 1.82) is 0 Å². The molecule has 0 amide bonds. The summed E-state index contributed by atoms with van der Waals surface area (Å²) in [5.74, 6) is 1.65. The smallest absolute Gasteiger partial charge is 0.227 e. The molecule has 0 bridgehead atoms. The Kier molecular flexibility index (Phi) is 10.2. The number of aliphatic imine (C=N–C) groups is 1. The summed E-state index contributed by atoms with van der Waals surface area (Å²) in [7, 11) is 0. The van der Waals surface area contributed by atoms with Crippen LogP contribution in [0.2, 0.25) is 0 Å². The lowest BCUT2D eigenvalue weighted by atomic mass is 10.1. The van der Waals surface area contributed by atoms with Crippen LogP contribution in [-0.4, -0.2) is 22.9 Å². The average molecular weight is 499 g/mol. The number of nitrogens with zero attached hydrogens (tertiary/aromatic N) is 2. The van der Waals surface area contributed by atoms with Crippen molar-refractivity contribution < 1.29 is 14.3 Å². The van der Waals surface area contributed by atoms with E-state index < -0.39 is 0 Å². The molecule has 0 aliphatic carbocycles. The third-order valence-corrected chi connectivity index (χ3v) is 6.50. The third kappa shape index (κ3) is 8.49. The van der Waals surface area contributed by atoms with Gasteiger partial charge in [-0.3, -0.25) is 4.99 Å². The minimum absolute atomic E-state index is 0.243. The predicted octanol–water partition coefficient (Wildman–Crippen LogP) is 9.25. The molecule has 5 nitrogen and oxygen atoms in total. The molecule has 0 aliphatic rings. The molecule has 4 rings (SSSR count). The first-order valence-electron chi connectivity index (χ1n) is 13.7. The molecule has 1 N–H and O–H groups in total. The van der Waals surface area contributed by atoms with Crippen LogP contribution in [0.1, 0.15) is 76.7 Å². The van der Waals surface area contributed by atoms with E-state index in [1.807, 2.05) is 54.6 Å². The van der Waals surface area contributed by atoms with Gasteiger partial charge in [0.2, 0.25) is 5.89 Å². The van der Waals surface area contributed by atoms with Gasteiger partial charge in [-0.1, -0.05) is 64.7 Å². The van der Waals surface area contributed by atoms with Gasteiger partial charge in [-0.25, -0.2) is 4.98 Å². The van der Waals surface area contributed by atoms with Crippen molar-refractivity contribution in [2.24, 2.45) is 4.99 Å². The second kappa shape index (κ2) is 14.2. The van der Waals surface area contributed by atoms with Crippen LogP contribution < -0.4 is 4.74 Å². The van der Waals surface area contributed by atoms with Crippen molar-refractivity contribution in [3.05, 3.63) is 72.3 Å². The number of ether oxygens (including phenoxy) is 1. The maximum Gasteiger partial charge on any atom is 0.227 e. The van der Waals surface area contributed by atoms with Crippen LogP contribution in [0.15, 0.2) is 76.1 Å². The Morgan fingerprint density at radius 1 is 0.811 bits per heavy atom. The summed E-state index contributed by atoms with van der Waals surface area (Å²) in [6.07, 6.45) is 14.9. The second-order valence-electron chi connectivity index (χ2n) is 9.58. The van der Waals surface area contributed by atoms with E-state index in [0.717, 1.165) is 46.7 Å². The molecule has 0 saturated carbocycles. The van der Waals surface area contributed by atoms with Crippen molar-refractivity contribution in [3.63, 3.8) is 0 Å². The summed E-state index contributed by atoms with van der Waals surface area (Å²) in [6.45, 7) is 3.00. The Morgan fingerprint density at radius 2 is 1.49 bits per heavy atom. The number of phenols is 1. The monoisotopic (exact) mass is 498 g/mol. The van der Waals surface area contributed by atoms with E-state index in [-0.39, 0.29) is 5.75 Å². The number of unbranched alkanes of at least 4 members (excludes halogenated alkanes) is 9. The van der Waals surface area contributed by atoms with E-state index in [2.05, 4.69) is 16.9 Å². The molecule has 0 saturated heterocycles. The molecule has 0 spiro atoms. The number of oxazole rings is 1. The van der Waals surface area contributed by atoms with Gasteiger partial charge in [-0.15, -0.1) is 0 Å². The van der Waals surface area contributed by atoms with Gasteiger partial charge >= 0.3 is 0 Å². The molecule has 4 aromatic rings. The predicted molar refractivity (Wildman–Crippen MR) is 152 cm³/mol. The van der Waals surface area contributed by atoms with E-state index in [0.29, 0.717) is 5.89 Å². The number of hydrogen-bond donors (Lipinski definition) is 1. The summed E-state index contributed by atoms with van der Waals surface area (Å²) in [5, 5.41) is 9.39. The quantitative estimate of drug-likeness (QED) is 0.131. The highest BCUT2D eigenvalue weighted by Gasteiger charge is 2.09. The molecule has 5 heteroatoms. The van der Waals surface area contributed by atoms with Gasteiger partial charge in [-0.2, -0.15) is 0 Å². The third-order valence-electron chi connectivity index (χ3n) is 6.50. The zero-order valence-electron chi connectivity index (χ0n) is 21.9. The van der Waals surface area contributed by atoms with Crippen molar-refractivity contribution in [1.82, 2.24) is 4.98 Å².